The van der Waals surface area contributed by atoms with E-state index in [-0.39, 0.29) is 11.8 Å². The Morgan fingerprint density at radius 1 is 1.09 bits per heavy atom. The van der Waals surface area contributed by atoms with Crippen molar-refractivity contribution < 1.29 is 14.3 Å². The molecular weight excluding hydrogens is 416 g/mol. The second-order valence-corrected chi connectivity index (χ2v) is 7.45. The van der Waals surface area contributed by atoms with E-state index in [1.807, 2.05) is 18.2 Å². The van der Waals surface area contributed by atoms with E-state index in [4.69, 9.17) is 10.5 Å². The normalized spacial score (nSPS) is 13.4. The van der Waals surface area contributed by atoms with Crippen LogP contribution in [0.15, 0.2) is 54.6 Å². The van der Waals surface area contributed by atoms with Crippen molar-refractivity contribution in [3.63, 3.8) is 0 Å². The monoisotopic (exact) mass is 444 g/mol. The van der Waals surface area contributed by atoms with E-state index in [0.717, 1.165) is 35.7 Å². The van der Waals surface area contributed by atoms with Crippen molar-refractivity contribution in [2.24, 2.45) is 5.73 Å². The van der Waals surface area contributed by atoms with Gasteiger partial charge in [0.1, 0.15) is 5.75 Å². The summed E-state index contributed by atoms with van der Waals surface area (Å²) in [5.74, 6) is -0.0655. The van der Waals surface area contributed by atoms with E-state index >= 15 is 0 Å². The maximum Gasteiger partial charge on any atom is 0.258 e. The van der Waals surface area contributed by atoms with E-state index < -0.39 is 0 Å². The molecule has 1 aliphatic heterocycles. The van der Waals surface area contributed by atoms with Gasteiger partial charge in [-0.05, 0) is 62.7 Å². The third-order valence-electron chi connectivity index (χ3n) is 5.40. The second kappa shape index (κ2) is 11.1. The number of imide groups is 1. The lowest BCUT2D eigenvalue weighted by atomic mass is 10.0. The minimum absolute atomic E-state index is 0.378. The molecule has 1 aliphatic rings. The van der Waals surface area contributed by atoms with Crippen LogP contribution >= 0.6 is 0 Å². The number of carbonyl (C=O) groups excluding carboxylic acids is 2. The summed E-state index contributed by atoms with van der Waals surface area (Å²) < 4.78 is 6.00. The van der Waals surface area contributed by atoms with Gasteiger partial charge in [-0.15, -0.1) is 0 Å². The number of nitrogens with zero attached hydrogens (tertiary/aromatic N) is 3. The van der Waals surface area contributed by atoms with Crippen molar-refractivity contribution in [2.45, 2.75) is 20.3 Å². The van der Waals surface area contributed by atoms with Crippen LogP contribution in [0.5, 0.6) is 5.75 Å². The number of carbonyl (C=O) groups is 2. The Bertz CT molecular complexity index is 1090. The molecule has 1 heterocycles. The molecule has 33 heavy (non-hydrogen) atoms. The molecule has 0 unspecified atom stereocenters. The average Bonchev–Trinajstić information content (AvgIpc) is 3.17. The van der Waals surface area contributed by atoms with Gasteiger partial charge in [-0.3, -0.25) is 9.59 Å². The average molecular weight is 445 g/mol. The maximum absolute atomic E-state index is 11.9. The van der Waals surface area contributed by atoms with Crippen molar-refractivity contribution in [3.8, 4) is 11.8 Å². The van der Waals surface area contributed by atoms with Crippen LogP contribution in [0.3, 0.4) is 0 Å². The number of ether oxygens (including phenoxy) is 1. The molecule has 0 saturated carbocycles. The van der Waals surface area contributed by atoms with Crippen LogP contribution in [0.1, 0.15) is 31.4 Å². The zero-order valence-corrected chi connectivity index (χ0v) is 19.0. The van der Waals surface area contributed by atoms with Gasteiger partial charge in [-0.2, -0.15) is 5.26 Å². The SMILES string of the molecule is CCN(CC)c1ccc(/C=C(\C#N)c2ccc(N3C(=O)C=CC3=O)cc2)c(OCCCN)c1. The van der Waals surface area contributed by atoms with Gasteiger partial charge >= 0.3 is 0 Å². The molecule has 7 nitrogen and oxygen atoms in total. The Labute approximate surface area is 194 Å². The van der Waals surface area contributed by atoms with E-state index in [1.165, 1.54) is 12.2 Å². The first-order chi connectivity index (χ1) is 16.0. The summed E-state index contributed by atoms with van der Waals surface area (Å²) in [6.45, 7) is 6.98. The lowest BCUT2D eigenvalue weighted by Gasteiger charge is -2.22. The largest absolute Gasteiger partial charge is 0.493 e. The summed E-state index contributed by atoms with van der Waals surface area (Å²) in [6.07, 6.45) is 5.00. The molecular formula is C26H28N4O3. The van der Waals surface area contributed by atoms with Gasteiger partial charge in [0.15, 0.2) is 0 Å². The van der Waals surface area contributed by atoms with Crippen LogP contribution in [0, 0.1) is 11.3 Å². The number of amides is 2. The molecule has 0 spiro atoms. The molecule has 2 aromatic carbocycles. The summed E-state index contributed by atoms with van der Waals surface area (Å²) in [4.78, 5) is 27.1. The third kappa shape index (κ3) is 5.48. The third-order valence-corrected chi connectivity index (χ3v) is 5.40. The van der Waals surface area contributed by atoms with Gasteiger partial charge < -0.3 is 15.4 Å². The highest BCUT2D eigenvalue weighted by atomic mass is 16.5. The number of allylic oxidation sites excluding steroid dienone is 1. The van der Waals surface area contributed by atoms with Crippen LogP contribution in [-0.2, 0) is 9.59 Å². The van der Waals surface area contributed by atoms with Gasteiger partial charge in [0.25, 0.3) is 11.8 Å². The van der Waals surface area contributed by atoms with E-state index in [0.29, 0.717) is 35.7 Å². The Kier molecular flexibility index (Phi) is 8.01. The quantitative estimate of drug-likeness (QED) is 0.259. The molecule has 2 amide bonds. The van der Waals surface area contributed by atoms with Gasteiger partial charge in [0.2, 0.25) is 0 Å². The summed E-state index contributed by atoms with van der Waals surface area (Å²) in [6, 6.07) is 15.0. The van der Waals surface area contributed by atoms with E-state index in [2.05, 4.69) is 24.8 Å². The lowest BCUT2D eigenvalue weighted by Crippen LogP contribution is -2.29. The summed E-state index contributed by atoms with van der Waals surface area (Å²) >= 11 is 0. The zero-order valence-electron chi connectivity index (χ0n) is 19.0. The van der Waals surface area contributed by atoms with Gasteiger partial charge in [0, 0.05) is 42.6 Å². The molecule has 3 rings (SSSR count). The Morgan fingerprint density at radius 3 is 2.33 bits per heavy atom. The minimum atomic E-state index is -0.378. The summed E-state index contributed by atoms with van der Waals surface area (Å²) in [5.41, 5.74) is 9.03. The molecule has 2 N–H and O–H groups in total. The van der Waals surface area contributed by atoms with Crippen LogP contribution in [-0.4, -0.2) is 38.1 Å². The Morgan fingerprint density at radius 2 is 1.76 bits per heavy atom. The summed E-state index contributed by atoms with van der Waals surface area (Å²) in [7, 11) is 0. The molecule has 0 bridgehead atoms. The predicted molar refractivity (Wildman–Crippen MR) is 131 cm³/mol. The van der Waals surface area contributed by atoms with Crippen LogP contribution in [0.25, 0.3) is 11.6 Å². The second-order valence-electron chi connectivity index (χ2n) is 7.45. The van der Waals surface area contributed by atoms with Crippen molar-refractivity contribution in [1.29, 1.82) is 5.26 Å². The molecule has 0 aliphatic carbocycles. The first-order valence-electron chi connectivity index (χ1n) is 11.0. The minimum Gasteiger partial charge on any atom is -0.493 e. The Balaban J connectivity index is 1.92. The molecule has 170 valence electrons. The molecule has 0 atom stereocenters. The number of rotatable bonds is 10. The molecule has 0 radical (unpaired) electrons. The number of hydrogen-bond donors (Lipinski definition) is 1. The molecule has 0 aromatic heterocycles. The number of hydrogen-bond acceptors (Lipinski definition) is 6. The topological polar surface area (TPSA) is 99.7 Å². The van der Waals surface area contributed by atoms with E-state index in [1.54, 1.807) is 30.3 Å². The van der Waals surface area contributed by atoms with E-state index in [9.17, 15) is 14.9 Å². The smallest absolute Gasteiger partial charge is 0.258 e. The molecule has 0 saturated heterocycles. The van der Waals surface area contributed by atoms with Crippen LogP contribution < -0.4 is 20.3 Å². The zero-order chi connectivity index (χ0) is 23.8. The standard InChI is InChI=1S/C26H28N4O3/c1-3-29(4-2)23-11-8-20(24(17-23)33-15-5-14-27)16-21(18-28)19-6-9-22(10-7-19)30-25(31)12-13-26(30)32/h6-13,16-17H,3-5,14-15,27H2,1-2H3/b21-16+. The van der Waals surface area contributed by atoms with Gasteiger partial charge in [-0.25, -0.2) is 4.90 Å². The van der Waals surface area contributed by atoms with Crippen LogP contribution in [0.4, 0.5) is 11.4 Å². The fraction of sp³-hybridized carbons (Fsp3) is 0.269. The highest BCUT2D eigenvalue weighted by Crippen LogP contribution is 2.30. The van der Waals surface area contributed by atoms with Crippen molar-refractivity contribution in [1.82, 2.24) is 0 Å². The Hall–Kier alpha value is -3.89. The number of nitrogens with two attached hydrogens (primary N) is 1. The predicted octanol–water partition coefficient (Wildman–Crippen LogP) is 3.75. The van der Waals surface area contributed by atoms with Crippen molar-refractivity contribution >= 4 is 34.8 Å². The molecule has 0 fully saturated rings. The lowest BCUT2D eigenvalue weighted by molar-refractivity contribution is -0.119. The highest BCUT2D eigenvalue weighted by Gasteiger charge is 2.25. The number of benzene rings is 2. The molecule has 2 aromatic rings. The van der Waals surface area contributed by atoms with Gasteiger partial charge in [0.05, 0.1) is 23.9 Å². The fourth-order valence-electron chi connectivity index (χ4n) is 3.60. The first-order valence-corrected chi connectivity index (χ1v) is 11.0. The van der Waals surface area contributed by atoms with Gasteiger partial charge in [-0.1, -0.05) is 12.1 Å². The highest BCUT2D eigenvalue weighted by molar-refractivity contribution is 6.28. The molecule has 7 heteroatoms. The number of nitriles is 1. The maximum atomic E-state index is 11.9. The fourth-order valence-corrected chi connectivity index (χ4v) is 3.60. The van der Waals surface area contributed by atoms with Crippen molar-refractivity contribution in [3.05, 3.63) is 65.7 Å². The number of anilines is 2. The summed E-state index contributed by atoms with van der Waals surface area (Å²) in [5, 5.41) is 9.82. The first kappa shape index (κ1) is 23.8. The van der Waals surface area contributed by atoms with Crippen LogP contribution in [0.2, 0.25) is 0 Å². The van der Waals surface area contributed by atoms with Crippen molar-refractivity contribution in [2.75, 3.05) is 36.0 Å².